The Labute approximate surface area is 123 Å². The molecule has 1 heteroatoms. The highest BCUT2D eigenvalue weighted by Gasteiger charge is 2.09. The Kier molecular flexibility index (Phi) is 2.65. The Balaban J connectivity index is 2.06. The second kappa shape index (κ2) is 4.64. The maximum absolute atomic E-state index is 3.85. The summed E-state index contributed by atoms with van der Waals surface area (Å²) in [7, 11) is 0. The second-order valence-electron chi connectivity index (χ2n) is 5.23. The fourth-order valence-corrected chi connectivity index (χ4v) is 2.95. The minimum Gasteiger partial charge on any atom is -0.354 e. The van der Waals surface area contributed by atoms with Crippen LogP contribution in [0.3, 0.4) is 0 Å². The Morgan fingerprint density at radius 1 is 0.810 bits per heavy atom. The van der Waals surface area contributed by atoms with Gasteiger partial charge in [0.15, 0.2) is 0 Å². The Morgan fingerprint density at radius 3 is 2.52 bits per heavy atom. The first-order valence-corrected chi connectivity index (χ1v) is 7.09. The van der Waals surface area contributed by atoms with Gasteiger partial charge in [0.2, 0.25) is 0 Å². The van der Waals surface area contributed by atoms with E-state index in [1.807, 2.05) is 6.08 Å². The van der Waals surface area contributed by atoms with Crippen LogP contribution in [0.4, 0.5) is 0 Å². The molecule has 1 heterocycles. The van der Waals surface area contributed by atoms with Gasteiger partial charge in [0.1, 0.15) is 0 Å². The molecule has 0 fully saturated rings. The summed E-state index contributed by atoms with van der Waals surface area (Å²) in [6, 6.07) is 23.4. The van der Waals surface area contributed by atoms with Crippen molar-refractivity contribution in [3.63, 3.8) is 0 Å². The number of hydrogen-bond donors (Lipinski definition) is 1. The van der Waals surface area contributed by atoms with Crippen LogP contribution in [0.25, 0.3) is 39.0 Å². The summed E-state index contributed by atoms with van der Waals surface area (Å²) in [5, 5.41) is 2.54. The summed E-state index contributed by atoms with van der Waals surface area (Å²) >= 11 is 0. The van der Waals surface area contributed by atoms with Crippen molar-refractivity contribution in [3.05, 3.63) is 78.9 Å². The molecule has 0 unspecified atom stereocenters. The quantitative estimate of drug-likeness (QED) is 0.485. The van der Waals surface area contributed by atoms with Gasteiger partial charge in [-0.05, 0) is 23.3 Å². The molecule has 0 saturated carbocycles. The first-order chi connectivity index (χ1) is 10.4. The molecule has 3 aromatic carbocycles. The van der Waals surface area contributed by atoms with Gasteiger partial charge >= 0.3 is 0 Å². The van der Waals surface area contributed by atoms with Gasteiger partial charge in [0, 0.05) is 21.9 Å². The lowest BCUT2D eigenvalue weighted by atomic mass is 10.0. The van der Waals surface area contributed by atoms with Crippen LogP contribution in [0.5, 0.6) is 0 Å². The summed E-state index contributed by atoms with van der Waals surface area (Å²) < 4.78 is 0. The number of aromatic amines is 1. The third-order valence-corrected chi connectivity index (χ3v) is 3.97. The van der Waals surface area contributed by atoms with Crippen LogP contribution in [-0.2, 0) is 0 Å². The van der Waals surface area contributed by atoms with Gasteiger partial charge in [-0.15, -0.1) is 0 Å². The minimum atomic E-state index is 1.14. The number of fused-ring (bicyclic) bond motifs is 3. The van der Waals surface area contributed by atoms with Gasteiger partial charge < -0.3 is 4.98 Å². The first-order valence-electron chi connectivity index (χ1n) is 7.09. The molecule has 0 amide bonds. The monoisotopic (exact) mass is 269 g/mol. The predicted molar refractivity (Wildman–Crippen MR) is 91.3 cm³/mol. The largest absolute Gasteiger partial charge is 0.354 e. The van der Waals surface area contributed by atoms with Gasteiger partial charge in [0.05, 0.1) is 5.52 Å². The van der Waals surface area contributed by atoms with E-state index in [0.717, 1.165) is 5.56 Å². The standard InChI is InChI=1S/C20H15N/c1-2-14-7-5-8-15(13-14)16-10-6-11-18-17-9-3-4-12-19(17)21-20(16)18/h2-13,21H,1H2. The van der Waals surface area contributed by atoms with Gasteiger partial charge in [-0.2, -0.15) is 0 Å². The number of para-hydroxylation sites is 2. The molecule has 0 aliphatic rings. The highest BCUT2D eigenvalue weighted by Crippen LogP contribution is 2.33. The highest BCUT2D eigenvalue weighted by molar-refractivity contribution is 6.11. The number of nitrogens with one attached hydrogen (secondary N) is 1. The van der Waals surface area contributed by atoms with E-state index in [9.17, 15) is 0 Å². The zero-order chi connectivity index (χ0) is 14.2. The van der Waals surface area contributed by atoms with Crippen LogP contribution in [0, 0.1) is 0 Å². The van der Waals surface area contributed by atoms with Crippen LogP contribution in [0.1, 0.15) is 5.56 Å². The molecule has 0 saturated heterocycles. The molecule has 4 aromatic rings. The summed E-state index contributed by atoms with van der Waals surface area (Å²) in [5.41, 5.74) is 5.96. The maximum atomic E-state index is 3.85. The number of hydrogen-bond acceptors (Lipinski definition) is 0. The van der Waals surface area contributed by atoms with Crippen LogP contribution in [-0.4, -0.2) is 4.98 Å². The lowest BCUT2D eigenvalue weighted by Crippen LogP contribution is -1.81. The Hall–Kier alpha value is -2.80. The zero-order valence-electron chi connectivity index (χ0n) is 11.6. The van der Waals surface area contributed by atoms with Crippen molar-refractivity contribution in [2.24, 2.45) is 0 Å². The van der Waals surface area contributed by atoms with Gasteiger partial charge in [0.25, 0.3) is 0 Å². The molecule has 21 heavy (non-hydrogen) atoms. The molecular formula is C20H15N. The van der Waals surface area contributed by atoms with Crippen molar-refractivity contribution in [2.75, 3.05) is 0 Å². The SMILES string of the molecule is C=Cc1cccc(-c2cccc3c2[nH]c2ccccc23)c1. The average Bonchev–Trinajstić information content (AvgIpc) is 2.93. The number of rotatable bonds is 2. The fourth-order valence-electron chi connectivity index (χ4n) is 2.95. The van der Waals surface area contributed by atoms with E-state index in [0.29, 0.717) is 0 Å². The van der Waals surface area contributed by atoms with Crippen LogP contribution in [0.2, 0.25) is 0 Å². The number of benzene rings is 3. The Morgan fingerprint density at radius 2 is 1.62 bits per heavy atom. The predicted octanol–water partition coefficient (Wildman–Crippen LogP) is 5.63. The fraction of sp³-hybridized carbons (Fsp3) is 0. The number of aromatic nitrogens is 1. The Bertz CT molecular complexity index is 960. The lowest BCUT2D eigenvalue weighted by molar-refractivity contribution is 1.53. The molecule has 0 spiro atoms. The summed E-state index contributed by atoms with van der Waals surface area (Å²) in [6.45, 7) is 3.85. The molecule has 0 atom stereocenters. The summed E-state index contributed by atoms with van der Waals surface area (Å²) in [4.78, 5) is 3.56. The van der Waals surface area contributed by atoms with Gasteiger partial charge in [-0.25, -0.2) is 0 Å². The van der Waals surface area contributed by atoms with Crippen LogP contribution in [0.15, 0.2) is 73.3 Å². The average molecular weight is 269 g/mol. The van der Waals surface area contributed by atoms with Crippen LogP contribution >= 0.6 is 0 Å². The third-order valence-electron chi connectivity index (χ3n) is 3.97. The first kappa shape index (κ1) is 12.0. The van der Waals surface area contributed by atoms with Crippen molar-refractivity contribution in [1.29, 1.82) is 0 Å². The maximum Gasteiger partial charge on any atom is 0.0544 e. The second-order valence-corrected chi connectivity index (χ2v) is 5.23. The molecule has 0 bridgehead atoms. The summed E-state index contributed by atoms with van der Waals surface area (Å²) in [5.74, 6) is 0. The highest BCUT2D eigenvalue weighted by atomic mass is 14.7. The van der Waals surface area contributed by atoms with Gasteiger partial charge in [-0.3, -0.25) is 0 Å². The molecule has 1 aromatic heterocycles. The van der Waals surface area contributed by atoms with E-state index < -0.39 is 0 Å². The van der Waals surface area contributed by atoms with Crippen molar-refractivity contribution in [2.45, 2.75) is 0 Å². The molecular weight excluding hydrogens is 254 g/mol. The van der Waals surface area contributed by atoms with Crippen LogP contribution < -0.4 is 0 Å². The smallest absolute Gasteiger partial charge is 0.0544 e. The van der Waals surface area contributed by atoms with E-state index in [-0.39, 0.29) is 0 Å². The van der Waals surface area contributed by atoms with Gasteiger partial charge in [-0.1, -0.05) is 67.3 Å². The van der Waals surface area contributed by atoms with E-state index in [4.69, 9.17) is 0 Å². The normalized spacial score (nSPS) is 11.0. The molecule has 0 aliphatic heterocycles. The van der Waals surface area contributed by atoms with Crippen molar-refractivity contribution in [1.82, 2.24) is 4.98 Å². The molecule has 0 radical (unpaired) electrons. The third kappa shape index (κ3) is 1.86. The van der Waals surface area contributed by atoms with E-state index in [1.54, 1.807) is 0 Å². The van der Waals surface area contributed by atoms with E-state index >= 15 is 0 Å². The molecule has 1 N–H and O–H groups in total. The van der Waals surface area contributed by atoms with Crippen molar-refractivity contribution >= 4 is 27.9 Å². The summed E-state index contributed by atoms with van der Waals surface area (Å²) in [6.07, 6.45) is 1.88. The molecule has 100 valence electrons. The number of H-pyrrole nitrogens is 1. The lowest BCUT2D eigenvalue weighted by Gasteiger charge is -2.05. The molecule has 4 rings (SSSR count). The topological polar surface area (TPSA) is 15.8 Å². The zero-order valence-corrected chi connectivity index (χ0v) is 11.6. The molecule has 1 nitrogen and oxygen atoms in total. The molecule has 0 aliphatic carbocycles. The van der Waals surface area contributed by atoms with Crippen molar-refractivity contribution < 1.29 is 0 Å². The van der Waals surface area contributed by atoms with E-state index in [2.05, 4.69) is 78.3 Å². The van der Waals surface area contributed by atoms with E-state index in [1.165, 1.54) is 32.9 Å². The minimum absolute atomic E-state index is 1.14. The van der Waals surface area contributed by atoms with Crippen molar-refractivity contribution in [3.8, 4) is 11.1 Å².